The first-order valence-electron chi connectivity index (χ1n) is 7.13. The summed E-state index contributed by atoms with van der Waals surface area (Å²) in [6.07, 6.45) is 9.17. The number of unbranched alkanes of at least 4 members (excludes halogenated alkanes) is 4. The lowest BCUT2D eigenvalue weighted by Crippen LogP contribution is -2.28. The van der Waals surface area contributed by atoms with Crippen LogP contribution in [0.1, 0.15) is 79.6 Å². The van der Waals surface area contributed by atoms with E-state index in [0.29, 0.717) is 11.5 Å². The quantitative estimate of drug-likeness (QED) is 0.595. The number of hydrogen-bond acceptors (Lipinski definition) is 1. The minimum atomic E-state index is 0.403. The molecular weight excluding hydrogens is 194 g/mol. The van der Waals surface area contributed by atoms with Crippen molar-refractivity contribution in [1.29, 1.82) is 0 Å². The summed E-state index contributed by atoms with van der Waals surface area (Å²) in [5, 5.41) is 0. The molecule has 2 N–H and O–H groups in total. The third-order valence-corrected chi connectivity index (χ3v) is 3.81. The van der Waals surface area contributed by atoms with E-state index in [1.165, 1.54) is 44.9 Å². The molecule has 0 bridgehead atoms. The van der Waals surface area contributed by atoms with Crippen molar-refractivity contribution in [3.8, 4) is 0 Å². The molecular formula is C15H33N. The molecule has 0 spiro atoms. The molecule has 0 saturated heterocycles. The van der Waals surface area contributed by atoms with Crippen molar-refractivity contribution in [1.82, 2.24) is 0 Å². The van der Waals surface area contributed by atoms with Crippen LogP contribution in [0.25, 0.3) is 0 Å². The Hall–Kier alpha value is -0.0400. The predicted octanol–water partition coefficient (Wildman–Crippen LogP) is 4.75. The summed E-state index contributed by atoms with van der Waals surface area (Å²) < 4.78 is 0. The van der Waals surface area contributed by atoms with Gasteiger partial charge in [0.2, 0.25) is 0 Å². The van der Waals surface area contributed by atoms with Gasteiger partial charge in [-0.3, -0.25) is 0 Å². The Balaban J connectivity index is 3.55. The molecule has 98 valence electrons. The van der Waals surface area contributed by atoms with Gasteiger partial charge in [0.15, 0.2) is 0 Å². The van der Waals surface area contributed by atoms with Crippen LogP contribution in [-0.4, -0.2) is 6.04 Å². The molecule has 2 atom stereocenters. The SMILES string of the molecule is CCCCCCCC(N)CC(C)C(C)(C)C. The maximum absolute atomic E-state index is 6.19. The molecule has 0 aromatic carbocycles. The molecule has 2 unspecified atom stereocenters. The Morgan fingerprint density at radius 3 is 2.06 bits per heavy atom. The minimum absolute atomic E-state index is 0.403. The fraction of sp³-hybridized carbons (Fsp3) is 1.00. The van der Waals surface area contributed by atoms with Gasteiger partial charge in [0.05, 0.1) is 0 Å². The van der Waals surface area contributed by atoms with Gasteiger partial charge in [-0.1, -0.05) is 66.7 Å². The van der Waals surface area contributed by atoms with Crippen LogP contribution in [0.2, 0.25) is 0 Å². The van der Waals surface area contributed by atoms with Crippen LogP contribution in [0, 0.1) is 11.3 Å². The van der Waals surface area contributed by atoms with Gasteiger partial charge in [0.25, 0.3) is 0 Å². The molecule has 0 aliphatic carbocycles. The van der Waals surface area contributed by atoms with Crippen LogP contribution in [0.4, 0.5) is 0 Å². The van der Waals surface area contributed by atoms with Crippen molar-refractivity contribution in [2.24, 2.45) is 17.1 Å². The van der Waals surface area contributed by atoms with Crippen LogP contribution in [0.3, 0.4) is 0 Å². The Kier molecular flexibility index (Phi) is 8.09. The molecule has 0 aromatic heterocycles. The van der Waals surface area contributed by atoms with Crippen molar-refractivity contribution < 1.29 is 0 Å². The van der Waals surface area contributed by atoms with Gasteiger partial charge < -0.3 is 5.73 Å². The van der Waals surface area contributed by atoms with Crippen LogP contribution >= 0.6 is 0 Å². The summed E-state index contributed by atoms with van der Waals surface area (Å²) in [6.45, 7) is 11.5. The highest BCUT2D eigenvalue weighted by Gasteiger charge is 2.21. The largest absolute Gasteiger partial charge is 0.328 e. The standard InChI is InChI=1S/C15H33N/c1-6-7-8-9-10-11-14(16)12-13(2)15(3,4)5/h13-14H,6-12,16H2,1-5H3. The van der Waals surface area contributed by atoms with E-state index in [1.54, 1.807) is 0 Å². The molecule has 0 saturated carbocycles. The smallest absolute Gasteiger partial charge is 0.00415 e. The Morgan fingerprint density at radius 1 is 1.00 bits per heavy atom. The average Bonchev–Trinajstić information content (AvgIpc) is 2.16. The van der Waals surface area contributed by atoms with Crippen molar-refractivity contribution in [2.45, 2.75) is 85.6 Å². The number of hydrogen-bond donors (Lipinski definition) is 1. The van der Waals surface area contributed by atoms with Gasteiger partial charge in [0.1, 0.15) is 0 Å². The summed E-state index contributed by atoms with van der Waals surface area (Å²) in [7, 11) is 0. The van der Waals surface area contributed by atoms with Gasteiger partial charge in [-0.05, 0) is 24.2 Å². The topological polar surface area (TPSA) is 26.0 Å². The van der Waals surface area contributed by atoms with Crippen LogP contribution in [0.15, 0.2) is 0 Å². The van der Waals surface area contributed by atoms with Gasteiger partial charge in [-0.2, -0.15) is 0 Å². The number of rotatable bonds is 8. The van der Waals surface area contributed by atoms with Gasteiger partial charge >= 0.3 is 0 Å². The Labute approximate surface area is 103 Å². The zero-order valence-corrected chi connectivity index (χ0v) is 12.2. The zero-order chi connectivity index (χ0) is 12.6. The van der Waals surface area contributed by atoms with E-state index in [-0.39, 0.29) is 0 Å². The minimum Gasteiger partial charge on any atom is -0.328 e. The monoisotopic (exact) mass is 227 g/mol. The van der Waals surface area contributed by atoms with Crippen molar-refractivity contribution in [3.63, 3.8) is 0 Å². The molecule has 0 aliphatic heterocycles. The van der Waals surface area contributed by atoms with E-state index in [2.05, 4.69) is 34.6 Å². The Bertz CT molecular complexity index is 157. The first-order chi connectivity index (χ1) is 7.38. The van der Waals surface area contributed by atoms with Gasteiger partial charge in [-0.15, -0.1) is 0 Å². The summed E-state index contributed by atoms with van der Waals surface area (Å²) in [5.74, 6) is 0.721. The van der Waals surface area contributed by atoms with E-state index >= 15 is 0 Å². The lowest BCUT2D eigenvalue weighted by Gasteiger charge is -2.29. The van der Waals surface area contributed by atoms with E-state index < -0.39 is 0 Å². The molecule has 0 aliphatic rings. The molecule has 0 amide bonds. The lowest BCUT2D eigenvalue weighted by atomic mass is 9.78. The average molecular weight is 227 g/mol. The summed E-state index contributed by atoms with van der Waals surface area (Å²) in [6, 6.07) is 0.413. The van der Waals surface area contributed by atoms with E-state index in [1.807, 2.05) is 0 Å². The summed E-state index contributed by atoms with van der Waals surface area (Å²) >= 11 is 0. The molecule has 1 heteroatoms. The molecule has 16 heavy (non-hydrogen) atoms. The van der Waals surface area contributed by atoms with Crippen LogP contribution in [-0.2, 0) is 0 Å². The van der Waals surface area contributed by atoms with Crippen molar-refractivity contribution in [2.75, 3.05) is 0 Å². The second kappa shape index (κ2) is 8.11. The first kappa shape index (κ1) is 16.0. The number of nitrogens with two attached hydrogens (primary N) is 1. The maximum atomic E-state index is 6.19. The molecule has 0 rings (SSSR count). The zero-order valence-electron chi connectivity index (χ0n) is 12.2. The molecule has 0 aromatic rings. The normalized spacial score (nSPS) is 16.1. The van der Waals surface area contributed by atoms with Crippen molar-refractivity contribution >= 4 is 0 Å². The highest BCUT2D eigenvalue weighted by Crippen LogP contribution is 2.29. The predicted molar refractivity (Wildman–Crippen MR) is 74.6 cm³/mol. The molecule has 0 heterocycles. The van der Waals surface area contributed by atoms with Crippen LogP contribution in [0.5, 0.6) is 0 Å². The third-order valence-electron chi connectivity index (χ3n) is 3.81. The van der Waals surface area contributed by atoms with E-state index in [9.17, 15) is 0 Å². The fourth-order valence-corrected chi connectivity index (χ4v) is 1.94. The third kappa shape index (κ3) is 8.15. The fourth-order valence-electron chi connectivity index (χ4n) is 1.94. The van der Waals surface area contributed by atoms with E-state index in [4.69, 9.17) is 5.73 Å². The summed E-state index contributed by atoms with van der Waals surface area (Å²) in [5.41, 5.74) is 6.59. The lowest BCUT2D eigenvalue weighted by molar-refractivity contribution is 0.229. The molecule has 0 fully saturated rings. The maximum Gasteiger partial charge on any atom is 0.00415 e. The highest BCUT2D eigenvalue weighted by molar-refractivity contribution is 4.75. The Morgan fingerprint density at radius 2 is 1.56 bits per heavy atom. The first-order valence-corrected chi connectivity index (χ1v) is 7.13. The second-order valence-corrected chi connectivity index (χ2v) is 6.47. The second-order valence-electron chi connectivity index (χ2n) is 6.47. The van der Waals surface area contributed by atoms with Crippen molar-refractivity contribution in [3.05, 3.63) is 0 Å². The molecule has 1 nitrogen and oxygen atoms in total. The van der Waals surface area contributed by atoms with E-state index in [0.717, 1.165) is 5.92 Å². The van der Waals surface area contributed by atoms with Gasteiger partial charge in [0, 0.05) is 6.04 Å². The highest BCUT2D eigenvalue weighted by atomic mass is 14.6. The van der Waals surface area contributed by atoms with Crippen LogP contribution < -0.4 is 5.73 Å². The molecule has 0 radical (unpaired) electrons. The van der Waals surface area contributed by atoms with Gasteiger partial charge in [-0.25, -0.2) is 0 Å². The summed E-state index contributed by atoms with van der Waals surface area (Å²) in [4.78, 5) is 0.